The third kappa shape index (κ3) is 2.38. The summed E-state index contributed by atoms with van der Waals surface area (Å²) in [5.74, 6) is -0.417. The van der Waals surface area contributed by atoms with Gasteiger partial charge in [-0.15, -0.1) is 0 Å². The molecule has 0 aliphatic carbocycles. The molecule has 0 spiro atoms. The number of carbonyl (C=O) groups is 1. The van der Waals surface area contributed by atoms with Gasteiger partial charge in [-0.2, -0.15) is 5.10 Å². The number of hydrogen-bond donors (Lipinski definition) is 3. The Balaban J connectivity index is 2.14. The van der Waals surface area contributed by atoms with Gasteiger partial charge >= 0.3 is 0 Å². The van der Waals surface area contributed by atoms with Gasteiger partial charge in [0.25, 0.3) is 5.91 Å². The van der Waals surface area contributed by atoms with Gasteiger partial charge in [-0.1, -0.05) is 22.9 Å². The summed E-state index contributed by atoms with van der Waals surface area (Å²) in [6.45, 7) is 2.02. The Hall–Kier alpha value is -2.03. The fourth-order valence-corrected chi connectivity index (χ4v) is 1.70. The van der Waals surface area contributed by atoms with E-state index in [0.29, 0.717) is 10.8 Å². The van der Waals surface area contributed by atoms with Crippen molar-refractivity contribution in [2.75, 3.05) is 11.1 Å². The van der Waals surface area contributed by atoms with Crippen molar-refractivity contribution >= 4 is 28.3 Å². The van der Waals surface area contributed by atoms with Crippen molar-refractivity contribution in [3.63, 3.8) is 0 Å². The van der Waals surface area contributed by atoms with Gasteiger partial charge in [0.2, 0.25) is 5.13 Å². The van der Waals surface area contributed by atoms with Crippen LogP contribution in [0, 0.1) is 0 Å². The van der Waals surface area contributed by atoms with E-state index >= 15 is 0 Å². The smallest absolute Gasteiger partial charge is 0.280 e. The second-order valence-corrected chi connectivity index (χ2v) is 4.07. The minimum absolute atomic E-state index is 0.170. The lowest BCUT2D eigenvalue weighted by Gasteiger charge is -1.98. The molecule has 0 aliphatic rings. The molecule has 0 aliphatic heterocycles. The van der Waals surface area contributed by atoms with E-state index in [1.165, 1.54) is 0 Å². The molecule has 2 heterocycles. The van der Waals surface area contributed by atoms with E-state index in [1.807, 2.05) is 6.92 Å². The van der Waals surface area contributed by atoms with Crippen LogP contribution in [-0.4, -0.2) is 30.9 Å². The number of rotatable bonds is 4. The van der Waals surface area contributed by atoms with Crippen LogP contribution in [-0.2, 0) is 6.42 Å². The highest BCUT2D eigenvalue weighted by molar-refractivity contribution is 7.09. The first-order chi connectivity index (χ1) is 8.22. The predicted octanol–water partition coefficient (Wildman–Crippen LogP) is 0.443. The van der Waals surface area contributed by atoms with Crippen LogP contribution < -0.4 is 11.1 Å². The Bertz CT molecular complexity index is 506. The molecule has 8 nitrogen and oxygen atoms in total. The Morgan fingerprint density at radius 1 is 1.59 bits per heavy atom. The highest BCUT2D eigenvalue weighted by Crippen LogP contribution is 2.17. The molecule has 0 bridgehead atoms. The number of nitrogen functional groups attached to an aromatic ring is 1. The standard InChI is InChI=1S/C8H11N7OS/c1-2-3-4-5(9)6(12-11-4)7(16)10-8-13-14-15-17-8/h2-3,9H2,1H3,(H,11,12)(H,10,13,15,16). The number of amides is 1. The minimum Gasteiger partial charge on any atom is -0.395 e. The van der Waals surface area contributed by atoms with Crippen molar-refractivity contribution in [1.29, 1.82) is 0 Å². The lowest BCUT2D eigenvalue weighted by atomic mass is 10.2. The lowest BCUT2D eigenvalue weighted by molar-refractivity contribution is 0.102. The van der Waals surface area contributed by atoms with Crippen molar-refractivity contribution in [1.82, 2.24) is 25.0 Å². The van der Waals surface area contributed by atoms with Crippen LogP contribution in [0.1, 0.15) is 29.5 Å². The Morgan fingerprint density at radius 3 is 3.06 bits per heavy atom. The molecule has 2 aromatic rings. The molecule has 90 valence electrons. The molecule has 2 rings (SSSR count). The Morgan fingerprint density at radius 2 is 2.41 bits per heavy atom. The average molecular weight is 253 g/mol. The highest BCUT2D eigenvalue weighted by atomic mass is 32.1. The van der Waals surface area contributed by atoms with E-state index in [1.54, 1.807) is 0 Å². The maximum absolute atomic E-state index is 11.8. The first kappa shape index (κ1) is 11.5. The summed E-state index contributed by atoms with van der Waals surface area (Å²) in [5.41, 5.74) is 7.13. The Kier molecular flexibility index (Phi) is 3.28. The van der Waals surface area contributed by atoms with Gasteiger partial charge in [-0.25, -0.2) is 0 Å². The van der Waals surface area contributed by atoms with Gasteiger partial charge in [0.15, 0.2) is 5.69 Å². The van der Waals surface area contributed by atoms with Gasteiger partial charge in [-0.3, -0.25) is 15.2 Å². The lowest BCUT2D eigenvalue weighted by Crippen LogP contribution is -2.14. The van der Waals surface area contributed by atoms with Crippen molar-refractivity contribution in [2.45, 2.75) is 19.8 Å². The summed E-state index contributed by atoms with van der Waals surface area (Å²) < 4.78 is 3.53. The molecule has 0 saturated carbocycles. The average Bonchev–Trinajstić information content (AvgIpc) is 2.91. The van der Waals surface area contributed by atoms with E-state index in [2.05, 4.69) is 30.3 Å². The molecule has 9 heteroatoms. The van der Waals surface area contributed by atoms with Crippen LogP contribution in [0.4, 0.5) is 10.8 Å². The van der Waals surface area contributed by atoms with Crippen LogP contribution in [0.3, 0.4) is 0 Å². The molecule has 0 atom stereocenters. The van der Waals surface area contributed by atoms with Crippen molar-refractivity contribution in [3.8, 4) is 0 Å². The molecule has 0 unspecified atom stereocenters. The van der Waals surface area contributed by atoms with E-state index in [-0.39, 0.29) is 5.69 Å². The number of nitrogens with two attached hydrogens (primary N) is 1. The zero-order valence-corrected chi connectivity index (χ0v) is 9.91. The normalized spacial score (nSPS) is 10.4. The van der Waals surface area contributed by atoms with Crippen LogP contribution in [0.15, 0.2) is 0 Å². The van der Waals surface area contributed by atoms with Gasteiger partial charge in [0, 0.05) is 11.5 Å². The van der Waals surface area contributed by atoms with E-state index in [9.17, 15) is 4.79 Å². The number of nitrogens with one attached hydrogen (secondary N) is 2. The monoisotopic (exact) mass is 253 g/mol. The maximum atomic E-state index is 11.8. The van der Waals surface area contributed by atoms with Gasteiger partial charge in [0.05, 0.1) is 11.4 Å². The largest absolute Gasteiger partial charge is 0.395 e. The van der Waals surface area contributed by atoms with Gasteiger partial charge in [0.1, 0.15) is 0 Å². The quantitative estimate of drug-likeness (QED) is 0.726. The number of nitrogens with zero attached hydrogens (tertiary/aromatic N) is 4. The number of anilines is 2. The first-order valence-corrected chi connectivity index (χ1v) is 5.78. The number of hydrogen-bond acceptors (Lipinski definition) is 7. The molecule has 1 amide bonds. The fraction of sp³-hybridized carbons (Fsp3) is 0.375. The molecule has 0 fully saturated rings. The number of aryl methyl sites for hydroxylation is 1. The second-order valence-electron chi connectivity index (χ2n) is 3.34. The molecule has 17 heavy (non-hydrogen) atoms. The summed E-state index contributed by atoms with van der Waals surface area (Å²) >= 11 is 0.986. The number of aromatic nitrogens is 5. The third-order valence-electron chi connectivity index (χ3n) is 2.12. The van der Waals surface area contributed by atoms with Crippen molar-refractivity contribution in [2.24, 2.45) is 0 Å². The maximum Gasteiger partial charge on any atom is 0.280 e. The molecule has 0 radical (unpaired) electrons. The third-order valence-corrected chi connectivity index (χ3v) is 2.63. The molecule has 2 aromatic heterocycles. The van der Waals surface area contributed by atoms with E-state index in [4.69, 9.17) is 5.73 Å². The van der Waals surface area contributed by atoms with Gasteiger partial charge in [-0.05, 0) is 11.6 Å². The van der Waals surface area contributed by atoms with E-state index < -0.39 is 5.91 Å². The fourth-order valence-electron chi connectivity index (χ4n) is 1.34. The molecule has 0 saturated heterocycles. The predicted molar refractivity (Wildman–Crippen MR) is 62.7 cm³/mol. The molecule has 0 aromatic carbocycles. The summed E-state index contributed by atoms with van der Waals surface area (Å²) in [5, 5.41) is 16.4. The van der Waals surface area contributed by atoms with Crippen LogP contribution in [0.5, 0.6) is 0 Å². The summed E-state index contributed by atoms with van der Waals surface area (Å²) in [7, 11) is 0. The van der Waals surface area contributed by atoms with Crippen LogP contribution in [0.2, 0.25) is 0 Å². The zero-order valence-electron chi connectivity index (χ0n) is 9.10. The molecule has 4 N–H and O–H groups in total. The van der Waals surface area contributed by atoms with Crippen molar-refractivity contribution < 1.29 is 4.79 Å². The van der Waals surface area contributed by atoms with E-state index in [0.717, 1.165) is 30.1 Å². The summed E-state index contributed by atoms with van der Waals surface area (Å²) in [6.07, 6.45) is 1.68. The summed E-state index contributed by atoms with van der Waals surface area (Å²) in [4.78, 5) is 11.8. The zero-order chi connectivity index (χ0) is 12.3. The SMILES string of the molecule is CCCc1[nH]nc(C(=O)Nc2nnns2)c1N. The van der Waals surface area contributed by atoms with Gasteiger partial charge < -0.3 is 5.73 Å². The van der Waals surface area contributed by atoms with Crippen LogP contribution >= 0.6 is 11.5 Å². The van der Waals surface area contributed by atoms with Crippen molar-refractivity contribution in [3.05, 3.63) is 11.4 Å². The summed E-state index contributed by atoms with van der Waals surface area (Å²) in [6, 6.07) is 0. The number of aromatic amines is 1. The number of H-pyrrole nitrogens is 1. The highest BCUT2D eigenvalue weighted by Gasteiger charge is 2.17. The molecular formula is C8H11N7OS. The first-order valence-electron chi connectivity index (χ1n) is 5.01. The molecular weight excluding hydrogens is 242 g/mol. The minimum atomic E-state index is -0.417. The second kappa shape index (κ2) is 4.87. The topological polar surface area (TPSA) is 122 Å². The van der Waals surface area contributed by atoms with Crippen LogP contribution in [0.25, 0.3) is 0 Å². The Labute approximate surface area is 101 Å². The number of carbonyl (C=O) groups excluding carboxylic acids is 1.